The Kier molecular flexibility index (Phi) is 7.66. The lowest BCUT2D eigenvalue weighted by molar-refractivity contribution is -0.120. The first kappa shape index (κ1) is 23.5. The maximum Gasteiger partial charge on any atom is 0.282 e. The van der Waals surface area contributed by atoms with Crippen molar-refractivity contribution in [1.29, 1.82) is 0 Å². The molecule has 0 atom stereocenters. The fourth-order valence-corrected chi connectivity index (χ4v) is 3.66. The Hall–Kier alpha value is -3.16. The minimum absolute atomic E-state index is 0.328. The number of carbonyl (C=O) groups excluding carboxylic acids is 2. The molecule has 7 nitrogen and oxygen atoms in total. The Morgan fingerprint density at radius 3 is 1.88 bits per heavy atom. The van der Waals surface area contributed by atoms with Crippen molar-refractivity contribution in [3.8, 4) is 0 Å². The molecule has 0 N–H and O–H groups in total. The average molecular weight is 438 g/mol. The summed E-state index contributed by atoms with van der Waals surface area (Å²) in [5.74, 6) is -0.665. The number of anilines is 2. The van der Waals surface area contributed by atoms with E-state index >= 15 is 0 Å². The van der Waals surface area contributed by atoms with Gasteiger partial charge in [-0.05, 0) is 36.8 Å². The Morgan fingerprint density at radius 2 is 1.38 bits per heavy atom. The van der Waals surface area contributed by atoms with Crippen molar-refractivity contribution in [3.05, 3.63) is 65.4 Å². The molecule has 3 rings (SSSR count). The molecule has 0 saturated carbocycles. The van der Waals surface area contributed by atoms with Crippen molar-refractivity contribution in [2.24, 2.45) is 0 Å². The summed E-state index contributed by atoms with van der Waals surface area (Å²) in [5, 5.41) is 0. The molecule has 0 unspecified atom stereocenters. The second kappa shape index (κ2) is 10.4. The molecule has 0 fully saturated rings. The summed E-state index contributed by atoms with van der Waals surface area (Å²) in [5.41, 5.74) is 4.12. The normalized spacial score (nSPS) is 13.8. The van der Waals surface area contributed by atoms with Crippen LogP contribution in [0.4, 0.5) is 11.4 Å². The highest BCUT2D eigenvalue weighted by Crippen LogP contribution is 2.35. The number of benzene rings is 2. The zero-order chi connectivity index (χ0) is 23.3. The number of nitrogens with zero attached hydrogens (tertiary/aromatic N) is 3. The first-order valence-electron chi connectivity index (χ1n) is 10.6. The lowest BCUT2D eigenvalue weighted by Crippen LogP contribution is -2.37. The number of methoxy groups -OCH3 is 2. The van der Waals surface area contributed by atoms with E-state index in [0.717, 1.165) is 16.8 Å². The van der Waals surface area contributed by atoms with E-state index in [1.807, 2.05) is 67.2 Å². The molecule has 1 heterocycles. The molecule has 2 aromatic carbocycles. The van der Waals surface area contributed by atoms with E-state index in [1.165, 1.54) is 4.90 Å². The van der Waals surface area contributed by atoms with Crippen LogP contribution in [0, 0.1) is 6.92 Å². The van der Waals surface area contributed by atoms with Crippen molar-refractivity contribution < 1.29 is 19.1 Å². The second-order valence-electron chi connectivity index (χ2n) is 7.92. The van der Waals surface area contributed by atoms with Gasteiger partial charge in [-0.15, -0.1) is 0 Å². The maximum absolute atomic E-state index is 13.7. The van der Waals surface area contributed by atoms with Gasteiger partial charge in [0, 0.05) is 47.1 Å². The summed E-state index contributed by atoms with van der Waals surface area (Å²) in [6.07, 6.45) is 0. The van der Waals surface area contributed by atoms with Crippen molar-refractivity contribution in [2.75, 3.05) is 64.4 Å². The number of hydrogen-bond acceptors (Lipinski definition) is 6. The van der Waals surface area contributed by atoms with Crippen molar-refractivity contribution in [3.63, 3.8) is 0 Å². The predicted octanol–water partition coefficient (Wildman–Crippen LogP) is 2.94. The molecule has 0 radical (unpaired) electrons. The number of ether oxygens (including phenoxy) is 2. The topological polar surface area (TPSA) is 62.3 Å². The molecular formula is C25H31N3O4. The van der Waals surface area contributed by atoms with Crippen molar-refractivity contribution in [1.82, 2.24) is 4.90 Å². The molecule has 2 amide bonds. The number of amides is 2. The van der Waals surface area contributed by atoms with Gasteiger partial charge in [0.15, 0.2) is 0 Å². The van der Waals surface area contributed by atoms with Crippen LogP contribution in [-0.2, 0) is 19.1 Å². The highest BCUT2D eigenvalue weighted by Gasteiger charge is 2.42. The minimum Gasteiger partial charge on any atom is -0.383 e. The lowest BCUT2D eigenvalue weighted by Gasteiger charge is -2.25. The number of rotatable bonds is 10. The minimum atomic E-state index is -0.338. The van der Waals surface area contributed by atoms with Crippen LogP contribution in [0.1, 0.15) is 11.1 Å². The van der Waals surface area contributed by atoms with E-state index in [2.05, 4.69) is 0 Å². The summed E-state index contributed by atoms with van der Waals surface area (Å²) in [4.78, 5) is 32.4. The van der Waals surface area contributed by atoms with Gasteiger partial charge < -0.3 is 19.3 Å². The summed E-state index contributed by atoms with van der Waals surface area (Å²) < 4.78 is 10.5. The fraction of sp³-hybridized carbons (Fsp3) is 0.360. The molecule has 0 spiro atoms. The third-order valence-electron chi connectivity index (χ3n) is 5.47. The Labute approximate surface area is 189 Å². The van der Waals surface area contributed by atoms with E-state index in [4.69, 9.17) is 9.47 Å². The largest absolute Gasteiger partial charge is 0.383 e. The summed E-state index contributed by atoms with van der Waals surface area (Å²) >= 11 is 0. The van der Waals surface area contributed by atoms with Crippen LogP contribution in [0.2, 0.25) is 0 Å². The maximum atomic E-state index is 13.7. The van der Waals surface area contributed by atoms with Crippen LogP contribution < -0.4 is 9.80 Å². The van der Waals surface area contributed by atoms with Crippen molar-refractivity contribution >= 4 is 28.8 Å². The number of imide groups is 1. The van der Waals surface area contributed by atoms with Gasteiger partial charge in [0.25, 0.3) is 11.8 Å². The standard InChI is InChI=1S/C25H31N3O4/c1-18-6-8-19(9-7-18)22-23(27(14-16-31-4)15-17-32-5)25(30)28(24(22)29)21-12-10-20(11-13-21)26(2)3/h6-13H,14-17H2,1-5H3. The molecule has 170 valence electrons. The highest BCUT2D eigenvalue weighted by molar-refractivity contribution is 6.45. The van der Waals surface area contributed by atoms with E-state index < -0.39 is 0 Å². The Bertz CT molecular complexity index is 973. The molecule has 7 heteroatoms. The van der Waals surface area contributed by atoms with Crippen LogP contribution in [0.25, 0.3) is 5.57 Å². The Morgan fingerprint density at radius 1 is 0.812 bits per heavy atom. The van der Waals surface area contributed by atoms with Gasteiger partial charge in [-0.25, -0.2) is 4.90 Å². The molecular weight excluding hydrogens is 406 g/mol. The molecule has 0 aromatic heterocycles. The molecule has 0 saturated heterocycles. The fourth-order valence-electron chi connectivity index (χ4n) is 3.66. The quantitative estimate of drug-likeness (QED) is 0.533. The van der Waals surface area contributed by atoms with Gasteiger partial charge in [0.05, 0.1) is 24.5 Å². The van der Waals surface area contributed by atoms with Gasteiger partial charge in [-0.2, -0.15) is 0 Å². The summed E-state index contributed by atoms with van der Waals surface area (Å²) in [6, 6.07) is 15.1. The van der Waals surface area contributed by atoms with Gasteiger partial charge in [-0.1, -0.05) is 29.8 Å². The van der Waals surface area contributed by atoms with Crippen LogP contribution in [0.3, 0.4) is 0 Å². The third kappa shape index (κ3) is 4.84. The van der Waals surface area contributed by atoms with Crippen LogP contribution in [0.15, 0.2) is 54.2 Å². The average Bonchev–Trinajstić information content (AvgIpc) is 3.04. The monoisotopic (exact) mass is 437 g/mol. The molecule has 0 bridgehead atoms. The number of hydrogen-bond donors (Lipinski definition) is 0. The van der Waals surface area contributed by atoms with E-state index in [1.54, 1.807) is 26.4 Å². The summed E-state index contributed by atoms with van der Waals surface area (Å²) in [7, 11) is 7.12. The van der Waals surface area contributed by atoms with Gasteiger partial charge in [0.2, 0.25) is 0 Å². The zero-order valence-electron chi connectivity index (χ0n) is 19.4. The third-order valence-corrected chi connectivity index (χ3v) is 5.47. The smallest absolute Gasteiger partial charge is 0.282 e. The van der Waals surface area contributed by atoms with Crippen LogP contribution in [-0.4, -0.2) is 71.3 Å². The second-order valence-corrected chi connectivity index (χ2v) is 7.92. The van der Waals surface area contributed by atoms with Crippen LogP contribution >= 0.6 is 0 Å². The van der Waals surface area contributed by atoms with Gasteiger partial charge >= 0.3 is 0 Å². The highest BCUT2D eigenvalue weighted by atomic mass is 16.5. The molecule has 2 aromatic rings. The molecule has 1 aliphatic heterocycles. The van der Waals surface area contributed by atoms with Gasteiger partial charge in [-0.3, -0.25) is 9.59 Å². The van der Waals surface area contributed by atoms with Gasteiger partial charge in [0.1, 0.15) is 5.70 Å². The summed E-state index contributed by atoms with van der Waals surface area (Å²) in [6.45, 7) is 3.78. The Balaban J connectivity index is 2.08. The first-order chi connectivity index (χ1) is 15.4. The van der Waals surface area contributed by atoms with E-state index in [9.17, 15) is 9.59 Å². The van der Waals surface area contributed by atoms with E-state index in [0.29, 0.717) is 43.3 Å². The molecule has 32 heavy (non-hydrogen) atoms. The molecule has 0 aliphatic carbocycles. The first-order valence-corrected chi connectivity index (χ1v) is 10.6. The lowest BCUT2D eigenvalue weighted by atomic mass is 10.0. The number of carbonyl (C=O) groups is 2. The van der Waals surface area contributed by atoms with Crippen LogP contribution in [0.5, 0.6) is 0 Å². The van der Waals surface area contributed by atoms with E-state index in [-0.39, 0.29) is 11.8 Å². The number of aryl methyl sites for hydroxylation is 1. The predicted molar refractivity (Wildman–Crippen MR) is 127 cm³/mol. The molecule has 1 aliphatic rings. The SMILES string of the molecule is COCCN(CCOC)C1=C(c2ccc(C)cc2)C(=O)N(c2ccc(N(C)C)cc2)C1=O. The zero-order valence-corrected chi connectivity index (χ0v) is 19.4. The van der Waals surface area contributed by atoms with Crippen molar-refractivity contribution in [2.45, 2.75) is 6.92 Å².